The van der Waals surface area contributed by atoms with E-state index in [-0.39, 0.29) is 11.2 Å². The van der Waals surface area contributed by atoms with Gasteiger partial charge in [0, 0.05) is 32.0 Å². The second-order valence-electron chi connectivity index (χ2n) is 5.95. The highest BCUT2D eigenvalue weighted by molar-refractivity contribution is 8.00. The standard InChI is InChI=1S/C16H19N5O2S/c22-15-13(4-8-21(15)11-5-9-23-10-6-11)24-16-18-14(19-20-16)12-3-1-2-7-17-12/h1-3,7,11,13H,4-6,8-10H2,(H,18,19,20)/t13-/m0/s1. The minimum Gasteiger partial charge on any atom is -0.381 e. The van der Waals surface area contributed by atoms with Gasteiger partial charge in [-0.25, -0.2) is 0 Å². The zero-order valence-electron chi connectivity index (χ0n) is 13.2. The van der Waals surface area contributed by atoms with Crippen LogP contribution in [0, 0.1) is 0 Å². The summed E-state index contributed by atoms with van der Waals surface area (Å²) in [7, 11) is 0. The van der Waals surface area contributed by atoms with E-state index in [2.05, 4.69) is 20.2 Å². The van der Waals surface area contributed by atoms with Crippen LogP contribution in [-0.4, -0.2) is 62.0 Å². The third kappa shape index (κ3) is 3.16. The van der Waals surface area contributed by atoms with Gasteiger partial charge in [0.15, 0.2) is 5.82 Å². The highest BCUT2D eigenvalue weighted by atomic mass is 32.2. The molecule has 2 aliphatic rings. The number of aromatic nitrogens is 4. The Hall–Kier alpha value is -1.93. The molecular weight excluding hydrogens is 326 g/mol. The van der Waals surface area contributed by atoms with Crippen molar-refractivity contribution in [2.75, 3.05) is 19.8 Å². The Morgan fingerprint density at radius 2 is 2.12 bits per heavy atom. The monoisotopic (exact) mass is 345 g/mol. The minimum absolute atomic E-state index is 0.0970. The van der Waals surface area contributed by atoms with Crippen molar-refractivity contribution in [3.8, 4) is 11.5 Å². The fraction of sp³-hybridized carbons (Fsp3) is 0.500. The number of nitrogens with one attached hydrogen (secondary N) is 1. The molecule has 0 radical (unpaired) electrons. The Kier molecular flexibility index (Phi) is 4.48. The molecule has 4 heterocycles. The summed E-state index contributed by atoms with van der Waals surface area (Å²) in [6, 6.07) is 5.97. The van der Waals surface area contributed by atoms with Crippen molar-refractivity contribution in [3.05, 3.63) is 24.4 Å². The molecule has 8 heteroatoms. The molecule has 1 N–H and O–H groups in total. The number of thioether (sulfide) groups is 1. The van der Waals surface area contributed by atoms with Gasteiger partial charge < -0.3 is 9.64 Å². The maximum absolute atomic E-state index is 12.7. The summed E-state index contributed by atoms with van der Waals surface area (Å²) in [6.07, 6.45) is 4.44. The van der Waals surface area contributed by atoms with E-state index in [4.69, 9.17) is 4.74 Å². The summed E-state index contributed by atoms with van der Waals surface area (Å²) in [4.78, 5) is 23.4. The van der Waals surface area contributed by atoms with Gasteiger partial charge in [0.05, 0.1) is 5.25 Å². The largest absolute Gasteiger partial charge is 0.381 e. The van der Waals surface area contributed by atoms with Gasteiger partial charge in [-0.15, -0.1) is 5.10 Å². The van der Waals surface area contributed by atoms with Crippen LogP contribution in [0.3, 0.4) is 0 Å². The van der Waals surface area contributed by atoms with Crippen molar-refractivity contribution in [1.82, 2.24) is 25.1 Å². The number of pyridine rings is 1. The molecule has 126 valence electrons. The highest BCUT2D eigenvalue weighted by Crippen LogP contribution is 2.32. The van der Waals surface area contributed by atoms with Gasteiger partial charge in [0.25, 0.3) is 0 Å². The summed E-state index contributed by atoms with van der Waals surface area (Å²) in [5.41, 5.74) is 0.749. The summed E-state index contributed by atoms with van der Waals surface area (Å²) in [6.45, 7) is 2.32. The lowest BCUT2D eigenvalue weighted by molar-refractivity contribution is -0.130. The maximum Gasteiger partial charge on any atom is 0.236 e. The predicted octanol–water partition coefficient (Wildman–Crippen LogP) is 1.74. The van der Waals surface area contributed by atoms with E-state index in [0.717, 1.165) is 44.7 Å². The number of nitrogens with zero attached hydrogens (tertiary/aromatic N) is 4. The van der Waals surface area contributed by atoms with Crippen molar-refractivity contribution >= 4 is 17.7 Å². The normalized spacial score (nSPS) is 22.2. The smallest absolute Gasteiger partial charge is 0.236 e. The van der Waals surface area contributed by atoms with Gasteiger partial charge >= 0.3 is 0 Å². The van der Waals surface area contributed by atoms with Gasteiger partial charge in [-0.2, -0.15) is 4.98 Å². The van der Waals surface area contributed by atoms with Crippen LogP contribution in [0.4, 0.5) is 0 Å². The number of amides is 1. The molecule has 2 aromatic heterocycles. The second-order valence-corrected chi connectivity index (χ2v) is 7.12. The molecule has 0 saturated carbocycles. The van der Waals surface area contributed by atoms with Gasteiger partial charge in [-0.05, 0) is 31.4 Å². The molecule has 4 rings (SSSR count). The molecule has 7 nitrogen and oxygen atoms in total. The molecule has 1 atom stereocenters. The van der Waals surface area contributed by atoms with Gasteiger partial charge in [0.2, 0.25) is 11.1 Å². The van der Waals surface area contributed by atoms with Crippen molar-refractivity contribution < 1.29 is 9.53 Å². The molecule has 0 aliphatic carbocycles. The first-order valence-electron chi connectivity index (χ1n) is 8.20. The first-order chi connectivity index (χ1) is 11.8. The average Bonchev–Trinajstić information content (AvgIpc) is 3.25. The highest BCUT2D eigenvalue weighted by Gasteiger charge is 2.37. The van der Waals surface area contributed by atoms with E-state index < -0.39 is 0 Å². The van der Waals surface area contributed by atoms with Crippen molar-refractivity contribution in [1.29, 1.82) is 0 Å². The van der Waals surface area contributed by atoms with Crippen LogP contribution in [0.25, 0.3) is 11.5 Å². The molecule has 2 aliphatic heterocycles. The van der Waals surface area contributed by atoms with E-state index in [1.807, 2.05) is 23.1 Å². The van der Waals surface area contributed by atoms with Gasteiger partial charge in [-0.3, -0.25) is 14.9 Å². The fourth-order valence-corrected chi connectivity index (χ4v) is 4.14. The SMILES string of the molecule is O=C1[C@@H](Sc2n[nH]c(-c3ccccn3)n2)CCN1C1CCOCC1. The molecule has 0 spiro atoms. The molecule has 1 amide bonds. The third-order valence-corrected chi connectivity index (χ3v) is 5.56. The lowest BCUT2D eigenvalue weighted by Crippen LogP contribution is -2.41. The first kappa shape index (κ1) is 15.6. The van der Waals surface area contributed by atoms with Crippen molar-refractivity contribution in [3.63, 3.8) is 0 Å². The molecule has 24 heavy (non-hydrogen) atoms. The molecule has 2 fully saturated rings. The van der Waals surface area contributed by atoms with E-state index in [1.54, 1.807) is 6.20 Å². The molecule has 2 saturated heterocycles. The zero-order valence-corrected chi connectivity index (χ0v) is 14.0. The average molecular weight is 345 g/mol. The van der Waals surface area contributed by atoms with E-state index in [0.29, 0.717) is 17.0 Å². The Bertz CT molecular complexity index is 702. The Labute approximate surface area is 144 Å². The lowest BCUT2D eigenvalue weighted by Gasteiger charge is -2.31. The molecular formula is C16H19N5O2S. The van der Waals surface area contributed by atoms with Crippen molar-refractivity contribution in [2.24, 2.45) is 0 Å². The minimum atomic E-state index is -0.0970. The van der Waals surface area contributed by atoms with Crippen LogP contribution in [0.2, 0.25) is 0 Å². The van der Waals surface area contributed by atoms with Gasteiger partial charge in [-0.1, -0.05) is 17.8 Å². The van der Waals surface area contributed by atoms with Crippen LogP contribution in [0.15, 0.2) is 29.6 Å². The Morgan fingerprint density at radius 1 is 1.25 bits per heavy atom. The number of ether oxygens (including phenoxy) is 1. The Morgan fingerprint density at radius 3 is 2.92 bits per heavy atom. The van der Waals surface area contributed by atoms with E-state index in [1.165, 1.54) is 11.8 Å². The Balaban J connectivity index is 1.41. The van der Waals surface area contributed by atoms with E-state index in [9.17, 15) is 4.79 Å². The number of rotatable bonds is 4. The van der Waals surface area contributed by atoms with Crippen LogP contribution in [0.5, 0.6) is 0 Å². The van der Waals surface area contributed by atoms with Crippen LogP contribution in [-0.2, 0) is 9.53 Å². The number of hydrogen-bond donors (Lipinski definition) is 1. The number of carbonyl (C=O) groups excluding carboxylic acids is 1. The van der Waals surface area contributed by atoms with Crippen LogP contribution in [0.1, 0.15) is 19.3 Å². The van der Waals surface area contributed by atoms with Crippen LogP contribution < -0.4 is 0 Å². The molecule has 0 unspecified atom stereocenters. The summed E-state index contributed by atoms with van der Waals surface area (Å²) in [5, 5.41) is 7.63. The lowest BCUT2D eigenvalue weighted by atomic mass is 10.1. The first-order valence-corrected chi connectivity index (χ1v) is 9.08. The molecule has 0 aromatic carbocycles. The quantitative estimate of drug-likeness (QED) is 0.909. The zero-order chi connectivity index (χ0) is 16.4. The predicted molar refractivity (Wildman–Crippen MR) is 89.4 cm³/mol. The topological polar surface area (TPSA) is 84.0 Å². The molecule has 0 bridgehead atoms. The number of carbonyl (C=O) groups is 1. The van der Waals surface area contributed by atoms with Crippen LogP contribution >= 0.6 is 11.8 Å². The van der Waals surface area contributed by atoms with Crippen molar-refractivity contribution in [2.45, 2.75) is 35.7 Å². The number of H-pyrrole nitrogens is 1. The second kappa shape index (κ2) is 6.90. The maximum atomic E-state index is 12.7. The molecule has 2 aromatic rings. The summed E-state index contributed by atoms with van der Waals surface area (Å²) >= 11 is 1.44. The summed E-state index contributed by atoms with van der Waals surface area (Å²) in [5.74, 6) is 0.834. The number of aromatic amines is 1. The van der Waals surface area contributed by atoms with E-state index >= 15 is 0 Å². The number of hydrogen-bond acceptors (Lipinski definition) is 6. The fourth-order valence-electron chi connectivity index (χ4n) is 3.19. The summed E-state index contributed by atoms with van der Waals surface area (Å²) < 4.78 is 5.39. The number of likely N-dealkylation sites (tertiary alicyclic amines) is 1. The third-order valence-electron chi connectivity index (χ3n) is 4.44. The van der Waals surface area contributed by atoms with Gasteiger partial charge in [0.1, 0.15) is 5.69 Å².